The van der Waals surface area contributed by atoms with Gasteiger partial charge in [0.15, 0.2) is 0 Å². The Morgan fingerprint density at radius 2 is 1.75 bits per heavy atom. The lowest BCUT2D eigenvalue weighted by molar-refractivity contribution is -0.133. The number of H-pyrrole nitrogens is 1. The highest BCUT2D eigenvalue weighted by atomic mass is 35.5. The number of nitrogens with zero attached hydrogens (tertiary/aromatic N) is 3. The van der Waals surface area contributed by atoms with E-state index in [0.29, 0.717) is 60.0 Å². The molecular formula is C23H24ClN5O3. The van der Waals surface area contributed by atoms with Crippen molar-refractivity contribution in [1.29, 1.82) is 0 Å². The predicted octanol–water partition coefficient (Wildman–Crippen LogP) is 2.29. The van der Waals surface area contributed by atoms with E-state index < -0.39 is 0 Å². The number of amides is 2. The summed E-state index contributed by atoms with van der Waals surface area (Å²) in [6, 6.07) is 14.2. The molecule has 0 radical (unpaired) electrons. The summed E-state index contributed by atoms with van der Waals surface area (Å²) in [5, 5.41) is 3.86. The predicted molar refractivity (Wildman–Crippen MR) is 124 cm³/mol. The molecule has 9 heteroatoms. The molecule has 1 aliphatic heterocycles. The molecule has 0 spiro atoms. The Balaban J connectivity index is 1.24. The molecule has 2 amide bonds. The summed E-state index contributed by atoms with van der Waals surface area (Å²) in [4.78, 5) is 48.1. The van der Waals surface area contributed by atoms with E-state index in [1.165, 1.54) is 0 Å². The van der Waals surface area contributed by atoms with Crippen LogP contribution < -0.4 is 10.9 Å². The van der Waals surface area contributed by atoms with Gasteiger partial charge in [0, 0.05) is 39.0 Å². The van der Waals surface area contributed by atoms with Crippen molar-refractivity contribution >= 4 is 40.0 Å². The molecule has 0 atom stereocenters. The Labute approximate surface area is 190 Å². The van der Waals surface area contributed by atoms with Gasteiger partial charge < -0.3 is 15.2 Å². The maximum atomic E-state index is 12.6. The highest BCUT2D eigenvalue weighted by Gasteiger charge is 2.22. The highest BCUT2D eigenvalue weighted by Crippen LogP contribution is 2.20. The molecule has 2 heterocycles. The lowest BCUT2D eigenvalue weighted by Gasteiger charge is -2.34. The van der Waals surface area contributed by atoms with Crippen LogP contribution in [0.5, 0.6) is 0 Å². The Morgan fingerprint density at radius 1 is 1.03 bits per heavy atom. The van der Waals surface area contributed by atoms with Gasteiger partial charge in [-0.15, -0.1) is 0 Å². The van der Waals surface area contributed by atoms with Gasteiger partial charge >= 0.3 is 0 Å². The summed E-state index contributed by atoms with van der Waals surface area (Å²) in [6.45, 7) is 2.59. The first kappa shape index (κ1) is 22.0. The normalized spacial score (nSPS) is 14.5. The Morgan fingerprint density at radius 3 is 2.53 bits per heavy atom. The molecule has 1 fully saturated rings. The zero-order valence-corrected chi connectivity index (χ0v) is 18.3. The average molecular weight is 454 g/mol. The highest BCUT2D eigenvalue weighted by molar-refractivity contribution is 6.33. The second-order valence-corrected chi connectivity index (χ2v) is 8.12. The van der Waals surface area contributed by atoms with Crippen molar-refractivity contribution in [2.45, 2.75) is 12.8 Å². The smallest absolute Gasteiger partial charge is 0.258 e. The monoisotopic (exact) mass is 453 g/mol. The summed E-state index contributed by atoms with van der Waals surface area (Å²) < 4.78 is 0. The molecule has 2 N–H and O–H groups in total. The first-order valence-electron chi connectivity index (χ1n) is 10.5. The van der Waals surface area contributed by atoms with Crippen molar-refractivity contribution in [2.75, 3.05) is 38.0 Å². The summed E-state index contributed by atoms with van der Waals surface area (Å²) in [5.74, 6) is 0.391. The van der Waals surface area contributed by atoms with Crippen molar-refractivity contribution in [2.24, 2.45) is 0 Å². The van der Waals surface area contributed by atoms with Crippen molar-refractivity contribution in [1.82, 2.24) is 19.8 Å². The van der Waals surface area contributed by atoms with Crippen LogP contribution in [0.3, 0.4) is 0 Å². The van der Waals surface area contributed by atoms with Gasteiger partial charge in [-0.2, -0.15) is 0 Å². The van der Waals surface area contributed by atoms with E-state index in [2.05, 4.69) is 15.3 Å². The molecule has 0 bridgehead atoms. The molecule has 0 aliphatic carbocycles. The fourth-order valence-electron chi connectivity index (χ4n) is 3.75. The molecule has 32 heavy (non-hydrogen) atoms. The van der Waals surface area contributed by atoms with Gasteiger partial charge in [-0.1, -0.05) is 35.9 Å². The number of hydrogen-bond donors (Lipinski definition) is 2. The first-order chi connectivity index (χ1) is 15.5. The number of hydrogen-bond acceptors (Lipinski definition) is 5. The number of carbonyl (C=O) groups is 2. The minimum absolute atomic E-state index is 0.0148. The SMILES string of the molecule is O=C(CN1CCN(C(=O)CCc2nc3ccccc3c(=O)[nH]2)CC1)Nc1ccccc1Cl. The molecule has 3 aromatic rings. The maximum absolute atomic E-state index is 12.6. The van der Waals surface area contributed by atoms with E-state index in [1.54, 1.807) is 35.2 Å². The van der Waals surface area contributed by atoms with Crippen LogP contribution in [0.15, 0.2) is 53.3 Å². The van der Waals surface area contributed by atoms with Crippen LogP contribution in [-0.2, 0) is 16.0 Å². The first-order valence-corrected chi connectivity index (χ1v) is 10.9. The van der Waals surface area contributed by atoms with E-state index in [-0.39, 0.29) is 30.3 Å². The van der Waals surface area contributed by atoms with Crippen LogP contribution in [0.1, 0.15) is 12.2 Å². The number of aromatic amines is 1. The molecule has 0 unspecified atom stereocenters. The number of anilines is 1. The largest absolute Gasteiger partial charge is 0.340 e. The molecule has 1 aliphatic rings. The van der Waals surface area contributed by atoms with Crippen LogP contribution in [0, 0.1) is 0 Å². The quantitative estimate of drug-likeness (QED) is 0.596. The van der Waals surface area contributed by atoms with Gasteiger partial charge in [0.2, 0.25) is 11.8 Å². The third-order valence-electron chi connectivity index (χ3n) is 5.48. The summed E-state index contributed by atoms with van der Waals surface area (Å²) in [6.07, 6.45) is 0.646. The lowest BCUT2D eigenvalue weighted by Crippen LogP contribution is -2.50. The van der Waals surface area contributed by atoms with E-state index in [9.17, 15) is 14.4 Å². The Hall–Kier alpha value is -3.23. The fourth-order valence-corrected chi connectivity index (χ4v) is 3.93. The third-order valence-corrected chi connectivity index (χ3v) is 5.81. The van der Waals surface area contributed by atoms with E-state index in [0.717, 1.165) is 0 Å². The van der Waals surface area contributed by atoms with E-state index >= 15 is 0 Å². The summed E-state index contributed by atoms with van der Waals surface area (Å²) in [7, 11) is 0. The van der Waals surface area contributed by atoms with Crippen molar-refractivity contribution < 1.29 is 9.59 Å². The second kappa shape index (κ2) is 9.93. The van der Waals surface area contributed by atoms with Crippen molar-refractivity contribution in [3.8, 4) is 0 Å². The molecule has 166 valence electrons. The molecule has 1 saturated heterocycles. The van der Waals surface area contributed by atoms with Gasteiger partial charge in [-0.3, -0.25) is 19.3 Å². The van der Waals surface area contributed by atoms with Gasteiger partial charge in [0.05, 0.1) is 28.2 Å². The minimum atomic E-state index is -0.193. The van der Waals surface area contributed by atoms with Crippen LogP contribution in [0.25, 0.3) is 10.9 Å². The fraction of sp³-hybridized carbons (Fsp3) is 0.304. The van der Waals surface area contributed by atoms with Gasteiger partial charge in [0.1, 0.15) is 5.82 Å². The Kier molecular flexibility index (Phi) is 6.82. The van der Waals surface area contributed by atoms with E-state index in [1.807, 2.05) is 23.1 Å². The zero-order chi connectivity index (χ0) is 22.5. The number of halogens is 1. The van der Waals surface area contributed by atoms with E-state index in [4.69, 9.17) is 11.6 Å². The second-order valence-electron chi connectivity index (χ2n) is 7.71. The van der Waals surface area contributed by atoms with Gasteiger partial charge in [0.25, 0.3) is 5.56 Å². The zero-order valence-electron chi connectivity index (χ0n) is 17.5. The lowest BCUT2D eigenvalue weighted by atomic mass is 10.2. The molecule has 2 aromatic carbocycles. The maximum Gasteiger partial charge on any atom is 0.258 e. The van der Waals surface area contributed by atoms with Crippen LogP contribution in [0.2, 0.25) is 5.02 Å². The summed E-state index contributed by atoms with van der Waals surface area (Å²) in [5.41, 5.74) is 1.03. The van der Waals surface area contributed by atoms with Crippen LogP contribution in [0.4, 0.5) is 5.69 Å². The van der Waals surface area contributed by atoms with Crippen LogP contribution in [-0.4, -0.2) is 64.3 Å². The number of piperazine rings is 1. The number of aromatic nitrogens is 2. The van der Waals surface area contributed by atoms with Crippen molar-refractivity contribution in [3.63, 3.8) is 0 Å². The number of carbonyl (C=O) groups excluding carboxylic acids is 2. The van der Waals surface area contributed by atoms with Crippen molar-refractivity contribution in [3.05, 3.63) is 69.7 Å². The molecular weight excluding hydrogens is 430 g/mol. The molecule has 8 nitrogen and oxygen atoms in total. The standard InChI is InChI=1S/C23H24ClN5O3/c24-17-6-2-4-8-19(17)26-21(30)15-28-11-13-29(14-12-28)22(31)10-9-20-25-18-7-3-1-5-16(18)23(32)27-20/h1-8H,9-15H2,(H,26,30)(H,25,27,32). The molecule has 4 rings (SSSR count). The number of para-hydroxylation sites is 2. The summed E-state index contributed by atoms with van der Waals surface area (Å²) >= 11 is 6.08. The molecule has 0 saturated carbocycles. The number of nitrogens with one attached hydrogen (secondary N) is 2. The van der Waals surface area contributed by atoms with Crippen LogP contribution >= 0.6 is 11.6 Å². The molecule has 1 aromatic heterocycles. The minimum Gasteiger partial charge on any atom is -0.340 e. The number of aryl methyl sites for hydroxylation is 1. The Bertz CT molecular complexity index is 1190. The van der Waals surface area contributed by atoms with Gasteiger partial charge in [-0.25, -0.2) is 4.98 Å². The number of rotatable bonds is 6. The topological polar surface area (TPSA) is 98.4 Å². The number of fused-ring (bicyclic) bond motifs is 1. The van der Waals surface area contributed by atoms with Gasteiger partial charge in [-0.05, 0) is 24.3 Å². The average Bonchev–Trinajstić information content (AvgIpc) is 2.79. The third kappa shape index (κ3) is 5.33. The number of benzene rings is 2.